The molecule has 7 heteroatoms. The first-order valence-electron chi connectivity index (χ1n) is 4.54. The lowest BCUT2D eigenvalue weighted by atomic mass is 10.0. The summed E-state index contributed by atoms with van der Waals surface area (Å²) in [4.78, 5) is 37.3. The number of quaternary nitrogens is 1. The quantitative estimate of drug-likeness (QED) is 0.554. The van der Waals surface area contributed by atoms with Crippen molar-refractivity contribution in [3.05, 3.63) is 23.4 Å². The Labute approximate surface area is 90.0 Å². The van der Waals surface area contributed by atoms with Crippen LogP contribution in [0.3, 0.4) is 0 Å². The number of nitrogens with two attached hydrogens (primary N) is 2. The molecule has 1 aromatic heterocycles. The van der Waals surface area contributed by atoms with Gasteiger partial charge in [0.25, 0.3) is 0 Å². The largest absolute Gasteiger partial charge is 0.426 e. The van der Waals surface area contributed by atoms with Crippen LogP contribution in [0.2, 0.25) is 0 Å². The molecule has 0 fully saturated rings. The van der Waals surface area contributed by atoms with E-state index in [0.29, 0.717) is 5.56 Å². The van der Waals surface area contributed by atoms with E-state index in [-0.39, 0.29) is 17.8 Å². The number of carbonyl (C=O) groups excluding carboxylic acids is 3. The van der Waals surface area contributed by atoms with E-state index in [1.807, 2.05) is 0 Å². The van der Waals surface area contributed by atoms with Gasteiger partial charge < -0.3 is 5.73 Å². The number of fused-ring (bicyclic) bond motifs is 1. The van der Waals surface area contributed by atoms with Crippen LogP contribution in [0, 0.1) is 0 Å². The molecule has 0 unspecified atom stereocenters. The van der Waals surface area contributed by atoms with Gasteiger partial charge in [-0.1, -0.05) is 0 Å². The highest BCUT2D eigenvalue weighted by Gasteiger charge is 2.30. The number of rotatable bonds is 2. The summed E-state index contributed by atoms with van der Waals surface area (Å²) in [5.74, 6) is -0.822. The third-order valence-corrected chi connectivity index (χ3v) is 2.15. The van der Waals surface area contributed by atoms with Crippen molar-refractivity contribution in [1.82, 2.24) is 4.98 Å². The zero-order valence-corrected chi connectivity index (χ0v) is 8.19. The molecule has 0 aliphatic carbocycles. The van der Waals surface area contributed by atoms with Gasteiger partial charge in [-0.25, -0.2) is 14.6 Å². The lowest BCUT2D eigenvalue weighted by Gasteiger charge is -2.13. The van der Waals surface area contributed by atoms with Gasteiger partial charge in [0.05, 0.1) is 6.42 Å². The number of nitrogens with zero attached hydrogens (tertiary/aromatic N) is 1. The maximum absolute atomic E-state index is 11.6. The van der Waals surface area contributed by atoms with Gasteiger partial charge in [0.1, 0.15) is 5.56 Å². The van der Waals surface area contributed by atoms with E-state index in [2.05, 4.69) is 10.3 Å². The van der Waals surface area contributed by atoms with Gasteiger partial charge in [-0.15, -0.1) is 0 Å². The fourth-order valence-electron chi connectivity index (χ4n) is 1.55. The standard InChI is InChI=1S/C9H8N4O3/c10-5(14)3-4-1-2-11-7-6(4)8(15)13-9(16)12-7/h1-2H,3H2,(H2,10,14)(H2,11,12,13,15,16)/p+1. The van der Waals surface area contributed by atoms with Gasteiger partial charge in [-0.05, 0) is 11.6 Å². The Kier molecular flexibility index (Phi) is 2.37. The molecule has 2 heterocycles. The van der Waals surface area contributed by atoms with Crippen LogP contribution >= 0.6 is 0 Å². The van der Waals surface area contributed by atoms with E-state index in [4.69, 9.17) is 5.73 Å². The highest BCUT2D eigenvalue weighted by molar-refractivity contribution is 6.05. The number of imide groups is 1. The van der Waals surface area contributed by atoms with Crippen molar-refractivity contribution in [3.8, 4) is 0 Å². The van der Waals surface area contributed by atoms with Crippen LogP contribution in [0.15, 0.2) is 12.3 Å². The number of nitrogens with one attached hydrogen (secondary N) is 1. The van der Waals surface area contributed by atoms with Gasteiger partial charge in [0.15, 0.2) is 5.82 Å². The number of carbonyl (C=O) groups is 3. The summed E-state index contributed by atoms with van der Waals surface area (Å²) in [6, 6.07) is 1.02. The number of urea groups is 1. The fourth-order valence-corrected chi connectivity index (χ4v) is 1.55. The van der Waals surface area contributed by atoms with Crippen molar-refractivity contribution in [1.29, 1.82) is 0 Å². The average molecular weight is 221 g/mol. The lowest BCUT2D eigenvalue weighted by molar-refractivity contribution is -0.447. The predicted molar refractivity (Wildman–Crippen MR) is 52.4 cm³/mol. The summed E-state index contributed by atoms with van der Waals surface area (Å²) in [6.07, 6.45) is 1.36. The second kappa shape index (κ2) is 3.70. The Morgan fingerprint density at radius 3 is 2.94 bits per heavy atom. The number of amides is 4. The number of hydrogen-bond acceptors (Lipinski definition) is 4. The minimum Gasteiger partial charge on any atom is -0.369 e. The van der Waals surface area contributed by atoms with Crippen LogP contribution in [0.1, 0.15) is 15.9 Å². The van der Waals surface area contributed by atoms with Crippen LogP contribution in [-0.4, -0.2) is 22.8 Å². The molecule has 0 saturated heterocycles. The molecule has 0 radical (unpaired) electrons. The van der Waals surface area contributed by atoms with Crippen molar-refractivity contribution in [3.63, 3.8) is 0 Å². The molecule has 0 bridgehead atoms. The summed E-state index contributed by atoms with van der Waals surface area (Å²) < 4.78 is 0. The average Bonchev–Trinajstić information content (AvgIpc) is 2.15. The molecule has 2 rings (SSSR count). The summed E-state index contributed by atoms with van der Waals surface area (Å²) >= 11 is 0. The molecule has 0 saturated carbocycles. The zero-order chi connectivity index (χ0) is 11.7. The summed E-state index contributed by atoms with van der Waals surface area (Å²) in [6.45, 7) is 0. The van der Waals surface area contributed by atoms with Gasteiger partial charge in [-0.3, -0.25) is 10.1 Å². The van der Waals surface area contributed by atoms with Crippen molar-refractivity contribution in [2.45, 2.75) is 6.42 Å². The number of hydrogen-bond donors (Lipinski definition) is 3. The fraction of sp³-hybridized carbons (Fsp3) is 0.111. The molecule has 82 valence electrons. The lowest BCUT2D eigenvalue weighted by Crippen LogP contribution is -2.94. The summed E-state index contributed by atoms with van der Waals surface area (Å²) in [5, 5.41) is 3.35. The molecule has 5 N–H and O–H groups in total. The SMILES string of the molecule is NC(=O)Cc1ccnc2c1C(=O)[NH2+]C(=O)N2. The number of primary amides is 3. The van der Waals surface area contributed by atoms with Crippen LogP contribution < -0.4 is 16.4 Å². The summed E-state index contributed by atoms with van der Waals surface area (Å²) in [7, 11) is 0. The number of pyridine rings is 1. The van der Waals surface area contributed by atoms with Crippen molar-refractivity contribution < 1.29 is 19.7 Å². The highest BCUT2D eigenvalue weighted by Crippen LogP contribution is 2.18. The maximum Gasteiger partial charge on any atom is 0.426 e. The molecule has 4 amide bonds. The third-order valence-electron chi connectivity index (χ3n) is 2.15. The van der Waals surface area contributed by atoms with Crippen molar-refractivity contribution in [2.75, 3.05) is 5.32 Å². The first-order chi connectivity index (χ1) is 7.58. The number of aromatic nitrogens is 1. The van der Waals surface area contributed by atoms with E-state index >= 15 is 0 Å². The van der Waals surface area contributed by atoms with E-state index in [1.54, 1.807) is 0 Å². The Bertz CT molecular complexity index is 498. The second-order valence-electron chi connectivity index (χ2n) is 3.33. The Hall–Kier alpha value is -2.28. The molecular formula is C9H9N4O3+. The molecular weight excluding hydrogens is 212 g/mol. The predicted octanol–water partition coefficient (Wildman–Crippen LogP) is -1.64. The molecule has 0 atom stereocenters. The third kappa shape index (κ3) is 1.75. The van der Waals surface area contributed by atoms with Crippen LogP contribution in [0.5, 0.6) is 0 Å². The second-order valence-corrected chi connectivity index (χ2v) is 3.33. The van der Waals surface area contributed by atoms with Crippen LogP contribution in [0.25, 0.3) is 0 Å². The molecule has 1 aromatic rings. The molecule has 16 heavy (non-hydrogen) atoms. The first-order valence-corrected chi connectivity index (χ1v) is 4.54. The highest BCUT2D eigenvalue weighted by atomic mass is 16.2. The number of anilines is 1. The van der Waals surface area contributed by atoms with Crippen molar-refractivity contribution in [2.24, 2.45) is 5.73 Å². The molecule has 1 aliphatic heterocycles. The molecule has 7 nitrogen and oxygen atoms in total. The first kappa shape index (κ1) is 10.2. The Morgan fingerprint density at radius 2 is 2.25 bits per heavy atom. The smallest absolute Gasteiger partial charge is 0.369 e. The molecule has 0 spiro atoms. The Morgan fingerprint density at radius 1 is 1.50 bits per heavy atom. The maximum atomic E-state index is 11.6. The monoisotopic (exact) mass is 221 g/mol. The van der Waals surface area contributed by atoms with E-state index in [0.717, 1.165) is 5.32 Å². The molecule has 1 aliphatic rings. The minimum atomic E-state index is -0.543. The van der Waals surface area contributed by atoms with Crippen molar-refractivity contribution >= 4 is 23.7 Å². The van der Waals surface area contributed by atoms with Crippen LogP contribution in [-0.2, 0) is 11.2 Å². The van der Waals surface area contributed by atoms with Gasteiger partial charge in [-0.2, -0.15) is 5.32 Å². The topological polar surface area (TPSA) is 119 Å². The minimum absolute atomic E-state index is 0.0553. The van der Waals surface area contributed by atoms with Gasteiger partial charge in [0.2, 0.25) is 5.91 Å². The van der Waals surface area contributed by atoms with Gasteiger partial charge in [0, 0.05) is 6.20 Å². The zero-order valence-electron chi connectivity index (χ0n) is 8.19. The van der Waals surface area contributed by atoms with E-state index < -0.39 is 17.8 Å². The Balaban J connectivity index is 2.50. The van der Waals surface area contributed by atoms with E-state index in [1.165, 1.54) is 12.3 Å². The summed E-state index contributed by atoms with van der Waals surface area (Å²) in [5.41, 5.74) is 5.77. The van der Waals surface area contributed by atoms with E-state index in [9.17, 15) is 14.4 Å². The molecule has 0 aromatic carbocycles. The van der Waals surface area contributed by atoms with Gasteiger partial charge >= 0.3 is 11.9 Å². The normalized spacial score (nSPS) is 14.2. The van der Waals surface area contributed by atoms with Crippen LogP contribution in [0.4, 0.5) is 10.6 Å².